The number of amides is 1. The topological polar surface area (TPSA) is 71.3 Å². The average Bonchev–Trinajstić information content (AvgIpc) is 2.88. The SMILES string of the molecule is CCOc1ccc(NC(=O)/C(C#N)=C\c2ccc(OCc3ccccc3)c3ccccc23)cc1. The van der Waals surface area contributed by atoms with E-state index in [0.717, 1.165) is 33.4 Å². The first-order valence-electron chi connectivity index (χ1n) is 11.0. The Labute approximate surface area is 198 Å². The maximum Gasteiger partial charge on any atom is 0.266 e. The van der Waals surface area contributed by atoms with Crippen molar-refractivity contribution in [1.29, 1.82) is 5.26 Å². The summed E-state index contributed by atoms with van der Waals surface area (Å²) < 4.78 is 11.5. The summed E-state index contributed by atoms with van der Waals surface area (Å²) in [7, 11) is 0. The molecule has 0 aliphatic heterocycles. The summed E-state index contributed by atoms with van der Waals surface area (Å²) in [6.45, 7) is 2.93. The second-order valence-corrected chi connectivity index (χ2v) is 7.55. The maximum atomic E-state index is 12.8. The van der Waals surface area contributed by atoms with Gasteiger partial charge < -0.3 is 14.8 Å². The number of carbonyl (C=O) groups is 1. The van der Waals surface area contributed by atoms with Gasteiger partial charge in [-0.2, -0.15) is 5.26 Å². The number of benzene rings is 4. The molecule has 0 atom stereocenters. The van der Waals surface area contributed by atoms with Gasteiger partial charge in [-0.05, 0) is 59.8 Å². The van der Waals surface area contributed by atoms with E-state index in [2.05, 4.69) is 5.32 Å². The second kappa shape index (κ2) is 10.8. The highest BCUT2D eigenvalue weighted by atomic mass is 16.5. The fourth-order valence-electron chi connectivity index (χ4n) is 3.59. The molecular weight excluding hydrogens is 424 g/mol. The van der Waals surface area contributed by atoms with Crippen LogP contribution in [0.3, 0.4) is 0 Å². The summed E-state index contributed by atoms with van der Waals surface area (Å²) >= 11 is 0. The predicted octanol–water partition coefficient (Wildman–Crippen LogP) is 6.36. The maximum absolute atomic E-state index is 12.8. The van der Waals surface area contributed by atoms with Crippen molar-refractivity contribution >= 4 is 28.4 Å². The van der Waals surface area contributed by atoms with Gasteiger partial charge in [0.15, 0.2) is 0 Å². The average molecular weight is 449 g/mol. The first-order chi connectivity index (χ1) is 16.7. The fraction of sp³-hybridized carbons (Fsp3) is 0.103. The largest absolute Gasteiger partial charge is 0.494 e. The van der Waals surface area contributed by atoms with Gasteiger partial charge in [0.05, 0.1) is 6.61 Å². The number of rotatable bonds is 8. The highest BCUT2D eigenvalue weighted by Gasteiger charge is 2.12. The van der Waals surface area contributed by atoms with Crippen LogP contribution in [0.2, 0.25) is 0 Å². The summed E-state index contributed by atoms with van der Waals surface area (Å²) in [4.78, 5) is 12.8. The molecule has 0 bridgehead atoms. The zero-order valence-corrected chi connectivity index (χ0v) is 18.8. The molecule has 168 valence electrons. The van der Waals surface area contributed by atoms with E-state index in [0.29, 0.717) is 18.9 Å². The first-order valence-corrected chi connectivity index (χ1v) is 11.0. The van der Waals surface area contributed by atoms with Crippen molar-refractivity contribution < 1.29 is 14.3 Å². The summed E-state index contributed by atoms with van der Waals surface area (Å²) in [5, 5.41) is 14.2. The molecule has 0 aliphatic rings. The van der Waals surface area contributed by atoms with Gasteiger partial charge in [0, 0.05) is 11.1 Å². The van der Waals surface area contributed by atoms with Crippen LogP contribution in [0.1, 0.15) is 18.1 Å². The van der Waals surface area contributed by atoms with Crippen LogP contribution in [-0.4, -0.2) is 12.5 Å². The number of hydrogen-bond donors (Lipinski definition) is 1. The molecular formula is C29H24N2O3. The molecule has 34 heavy (non-hydrogen) atoms. The fourth-order valence-corrected chi connectivity index (χ4v) is 3.59. The minimum Gasteiger partial charge on any atom is -0.494 e. The van der Waals surface area contributed by atoms with Gasteiger partial charge >= 0.3 is 0 Å². The third-order valence-corrected chi connectivity index (χ3v) is 5.24. The number of anilines is 1. The standard InChI is InChI=1S/C29H24N2O3/c1-2-33-25-15-13-24(14-16-25)31-29(32)23(19-30)18-22-12-17-28(27-11-7-6-10-26(22)27)34-20-21-8-4-3-5-9-21/h3-18H,2,20H2,1H3,(H,31,32)/b23-18-. The molecule has 0 spiro atoms. The first kappa shape index (κ1) is 22.6. The monoisotopic (exact) mass is 448 g/mol. The second-order valence-electron chi connectivity index (χ2n) is 7.55. The van der Waals surface area contributed by atoms with E-state index < -0.39 is 5.91 Å². The van der Waals surface area contributed by atoms with Crippen molar-refractivity contribution in [1.82, 2.24) is 0 Å². The number of fused-ring (bicyclic) bond motifs is 1. The smallest absolute Gasteiger partial charge is 0.266 e. The zero-order valence-electron chi connectivity index (χ0n) is 18.8. The van der Waals surface area contributed by atoms with Crippen LogP contribution >= 0.6 is 0 Å². The van der Waals surface area contributed by atoms with Crippen molar-refractivity contribution in [2.75, 3.05) is 11.9 Å². The Kier molecular flexibility index (Phi) is 7.22. The lowest BCUT2D eigenvalue weighted by Crippen LogP contribution is -2.13. The van der Waals surface area contributed by atoms with Gasteiger partial charge in [0.1, 0.15) is 29.7 Å². The Balaban J connectivity index is 1.57. The number of nitrogens with one attached hydrogen (secondary N) is 1. The normalized spacial score (nSPS) is 11.0. The number of carbonyl (C=O) groups excluding carboxylic acids is 1. The van der Waals surface area contributed by atoms with Crippen LogP contribution in [0.25, 0.3) is 16.8 Å². The predicted molar refractivity (Wildman–Crippen MR) is 135 cm³/mol. The lowest BCUT2D eigenvalue weighted by molar-refractivity contribution is -0.112. The minimum absolute atomic E-state index is 0.0111. The minimum atomic E-state index is -0.472. The van der Waals surface area contributed by atoms with Crippen LogP contribution in [0.5, 0.6) is 11.5 Å². The van der Waals surface area contributed by atoms with Crippen LogP contribution in [0.4, 0.5) is 5.69 Å². The van der Waals surface area contributed by atoms with Crippen molar-refractivity contribution in [3.8, 4) is 17.6 Å². The molecule has 0 radical (unpaired) electrons. The summed E-state index contributed by atoms with van der Waals surface area (Å²) in [5.74, 6) is 0.992. The molecule has 0 aliphatic carbocycles. The van der Waals surface area contributed by atoms with E-state index in [-0.39, 0.29) is 5.57 Å². The third-order valence-electron chi connectivity index (χ3n) is 5.24. The molecule has 0 saturated heterocycles. The number of nitriles is 1. The molecule has 1 N–H and O–H groups in total. The van der Waals surface area contributed by atoms with Gasteiger partial charge in [0.25, 0.3) is 5.91 Å². The van der Waals surface area contributed by atoms with Crippen LogP contribution in [0.15, 0.2) is 96.6 Å². The third kappa shape index (κ3) is 5.43. The Hall–Kier alpha value is -4.56. The highest BCUT2D eigenvalue weighted by Crippen LogP contribution is 2.30. The quantitative estimate of drug-likeness (QED) is 0.251. The van der Waals surface area contributed by atoms with Gasteiger partial charge in [0.2, 0.25) is 0 Å². The Morgan fingerprint density at radius 2 is 1.59 bits per heavy atom. The van der Waals surface area contributed by atoms with E-state index in [1.165, 1.54) is 0 Å². The molecule has 0 unspecified atom stereocenters. The molecule has 4 rings (SSSR count). The van der Waals surface area contributed by atoms with Crippen molar-refractivity contribution in [3.05, 3.63) is 108 Å². The van der Waals surface area contributed by atoms with E-state index in [4.69, 9.17) is 9.47 Å². The lowest BCUT2D eigenvalue weighted by Gasteiger charge is -2.12. The number of ether oxygens (including phenoxy) is 2. The Morgan fingerprint density at radius 3 is 2.29 bits per heavy atom. The molecule has 0 fully saturated rings. The van der Waals surface area contributed by atoms with Crippen molar-refractivity contribution in [2.45, 2.75) is 13.5 Å². The van der Waals surface area contributed by atoms with Crippen LogP contribution in [0, 0.1) is 11.3 Å². The van der Waals surface area contributed by atoms with Crippen LogP contribution < -0.4 is 14.8 Å². The Bertz CT molecular complexity index is 1350. The lowest BCUT2D eigenvalue weighted by atomic mass is 10.0. The van der Waals surface area contributed by atoms with E-state index in [9.17, 15) is 10.1 Å². The molecule has 0 aromatic heterocycles. The van der Waals surface area contributed by atoms with Crippen LogP contribution in [-0.2, 0) is 11.4 Å². The highest BCUT2D eigenvalue weighted by molar-refractivity contribution is 6.11. The number of nitrogens with zero attached hydrogens (tertiary/aromatic N) is 1. The summed E-state index contributed by atoms with van der Waals surface area (Å²) in [6, 6.07) is 30.5. The molecule has 0 saturated carbocycles. The zero-order chi connectivity index (χ0) is 23.8. The molecule has 4 aromatic carbocycles. The van der Waals surface area contributed by atoms with Gasteiger partial charge in [-0.15, -0.1) is 0 Å². The summed E-state index contributed by atoms with van der Waals surface area (Å²) in [5.41, 5.74) is 2.44. The van der Waals surface area contributed by atoms with Gasteiger partial charge in [-0.1, -0.05) is 60.7 Å². The van der Waals surface area contributed by atoms with E-state index in [1.54, 1.807) is 30.3 Å². The Morgan fingerprint density at radius 1 is 0.882 bits per heavy atom. The molecule has 5 heteroatoms. The van der Waals surface area contributed by atoms with Gasteiger partial charge in [-0.25, -0.2) is 0 Å². The molecule has 5 nitrogen and oxygen atoms in total. The molecule has 1 amide bonds. The van der Waals surface area contributed by atoms with Crippen molar-refractivity contribution in [2.24, 2.45) is 0 Å². The molecule has 0 heterocycles. The number of hydrogen-bond acceptors (Lipinski definition) is 4. The van der Waals surface area contributed by atoms with E-state index >= 15 is 0 Å². The van der Waals surface area contributed by atoms with Crippen molar-refractivity contribution in [3.63, 3.8) is 0 Å². The molecule has 4 aromatic rings. The van der Waals surface area contributed by atoms with E-state index in [1.807, 2.05) is 79.7 Å². The van der Waals surface area contributed by atoms with Gasteiger partial charge in [-0.3, -0.25) is 4.79 Å². The summed E-state index contributed by atoms with van der Waals surface area (Å²) in [6.07, 6.45) is 1.60.